The van der Waals surface area contributed by atoms with E-state index in [1.54, 1.807) is 0 Å². The number of nitrogens with one attached hydrogen (secondary N) is 1. The number of carbonyl (C=O) groups is 1. The molecule has 124 valence electrons. The van der Waals surface area contributed by atoms with Crippen molar-refractivity contribution in [2.24, 2.45) is 16.9 Å². The first kappa shape index (κ1) is 16.3. The molecule has 0 radical (unpaired) electrons. The van der Waals surface area contributed by atoms with Crippen molar-refractivity contribution in [2.45, 2.75) is 38.0 Å². The molecule has 1 aromatic carbocycles. The van der Waals surface area contributed by atoms with Gasteiger partial charge in [-0.05, 0) is 29.5 Å². The summed E-state index contributed by atoms with van der Waals surface area (Å²) in [6.07, 6.45) is 3.44. The van der Waals surface area contributed by atoms with Gasteiger partial charge in [-0.3, -0.25) is 9.80 Å². The standard InChI is InChI=1S/C18H24ClN3O/c1-4-15(19)18(11(2)14-9-20-22(3)10-14)12-5-6-16-13(7-12)8-17(23)21-16/h5-7,9,11,14-15,18H,4,8,10H2,1-3H3,(H,21,23)/t11-,14+,15?,18-/m0/s1. The molecule has 1 unspecified atom stereocenters. The zero-order valence-electron chi connectivity index (χ0n) is 13.9. The van der Waals surface area contributed by atoms with Crippen LogP contribution in [-0.2, 0) is 11.2 Å². The first-order valence-corrected chi connectivity index (χ1v) is 8.75. The highest BCUT2D eigenvalue weighted by Crippen LogP contribution is 2.39. The second kappa shape index (κ2) is 6.52. The van der Waals surface area contributed by atoms with Gasteiger partial charge in [0.15, 0.2) is 0 Å². The molecule has 4 atom stereocenters. The lowest BCUT2D eigenvalue weighted by molar-refractivity contribution is -0.115. The molecule has 0 fully saturated rings. The summed E-state index contributed by atoms with van der Waals surface area (Å²) in [6.45, 7) is 5.34. The summed E-state index contributed by atoms with van der Waals surface area (Å²) in [5.74, 6) is 1.13. The van der Waals surface area contributed by atoms with Crippen molar-refractivity contribution >= 4 is 29.4 Å². The number of hydrazone groups is 1. The monoisotopic (exact) mass is 333 g/mol. The number of nitrogens with zero attached hydrogens (tertiary/aromatic N) is 2. The van der Waals surface area contributed by atoms with Crippen LogP contribution in [0.15, 0.2) is 23.3 Å². The molecule has 0 aliphatic carbocycles. The second-order valence-electron chi connectivity index (χ2n) is 6.72. The maximum atomic E-state index is 11.6. The number of halogens is 1. The summed E-state index contributed by atoms with van der Waals surface area (Å²) in [5.41, 5.74) is 3.26. The van der Waals surface area contributed by atoms with Crippen molar-refractivity contribution in [2.75, 3.05) is 18.9 Å². The van der Waals surface area contributed by atoms with Crippen molar-refractivity contribution in [1.29, 1.82) is 0 Å². The fourth-order valence-electron chi connectivity index (χ4n) is 3.72. The molecule has 2 aliphatic heterocycles. The summed E-state index contributed by atoms with van der Waals surface area (Å²) in [7, 11) is 2.00. The Hall–Kier alpha value is -1.55. The van der Waals surface area contributed by atoms with Crippen LogP contribution in [0, 0.1) is 11.8 Å². The highest BCUT2D eigenvalue weighted by Gasteiger charge is 2.33. The number of alkyl halides is 1. The molecular weight excluding hydrogens is 310 g/mol. The lowest BCUT2D eigenvalue weighted by Gasteiger charge is -2.31. The van der Waals surface area contributed by atoms with E-state index in [1.807, 2.05) is 18.1 Å². The van der Waals surface area contributed by atoms with E-state index in [9.17, 15) is 4.79 Å². The van der Waals surface area contributed by atoms with Gasteiger partial charge in [0, 0.05) is 42.7 Å². The number of anilines is 1. The van der Waals surface area contributed by atoms with Gasteiger partial charge >= 0.3 is 0 Å². The normalized spacial score (nSPS) is 23.6. The molecule has 3 rings (SSSR count). The van der Waals surface area contributed by atoms with Crippen LogP contribution in [0.3, 0.4) is 0 Å². The Balaban J connectivity index is 1.89. The first-order valence-electron chi connectivity index (χ1n) is 8.31. The average Bonchev–Trinajstić information content (AvgIpc) is 3.11. The van der Waals surface area contributed by atoms with Crippen molar-refractivity contribution in [3.05, 3.63) is 29.3 Å². The minimum atomic E-state index is 0.0733. The Kier molecular flexibility index (Phi) is 4.62. The number of amides is 1. The summed E-state index contributed by atoms with van der Waals surface area (Å²) in [4.78, 5) is 11.6. The maximum absolute atomic E-state index is 11.6. The summed E-state index contributed by atoms with van der Waals surface area (Å²) < 4.78 is 0. The minimum Gasteiger partial charge on any atom is -0.326 e. The first-order chi connectivity index (χ1) is 11.0. The van der Waals surface area contributed by atoms with Crippen LogP contribution in [0.2, 0.25) is 0 Å². The van der Waals surface area contributed by atoms with Crippen molar-refractivity contribution in [3.8, 4) is 0 Å². The predicted molar refractivity (Wildman–Crippen MR) is 95.2 cm³/mol. The number of fused-ring (bicyclic) bond motifs is 1. The van der Waals surface area contributed by atoms with Gasteiger partial charge in [0.2, 0.25) is 5.91 Å². The van der Waals surface area contributed by atoms with Crippen LogP contribution in [0.25, 0.3) is 0 Å². The molecule has 2 heterocycles. The fourth-order valence-corrected chi connectivity index (χ4v) is 4.09. The highest BCUT2D eigenvalue weighted by atomic mass is 35.5. The minimum absolute atomic E-state index is 0.0733. The third-order valence-corrected chi connectivity index (χ3v) is 5.67. The smallest absolute Gasteiger partial charge is 0.228 e. The van der Waals surface area contributed by atoms with Crippen LogP contribution in [-0.4, -0.2) is 36.1 Å². The van der Waals surface area contributed by atoms with Gasteiger partial charge < -0.3 is 5.32 Å². The predicted octanol–water partition coefficient (Wildman–Crippen LogP) is 3.47. The van der Waals surface area contributed by atoms with Gasteiger partial charge in [0.05, 0.1) is 6.42 Å². The van der Waals surface area contributed by atoms with Crippen molar-refractivity contribution in [1.82, 2.24) is 5.01 Å². The van der Waals surface area contributed by atoms with E-state index in [4.69, 9.17) is 11.6 Å². The van der Waals surface area contributed by atoms with E-state index in [0.717, 1.165) is 24.2 Å². The number of rotatable bonds is 5. The molecule has 5 heteroatoms. The lowest BCUT2D eigenvalue weighted by atomic mass is 9.76. The van der Waals surface area contributed by atoms with E-state index in [0.29, 0.717) is 18.3 Å². The Labute approximate surface area is 142 Å². The van der Waals surface area contributed by atoms with E-state index in [-0.39, 0.29) is 17.2 Å². The van der Waals surface area contributed by atoms with Crippen LogP contribution in [0.1, 0.15) is 37.3 Å². The average molecular weight is 334 g/mol. The van der Waals surface area contributed by atoms with Gasteiger partial charge in [0.1, 0.15) is 0 Å². The Morgan fingerprint density at radius 3 is 2.91 bits per heavy atom. The van der Waals surface area contributed by atoms with Gasteiger partial charge in [-0.25, -0.2) is 0 Å². The summed E-state index contributed by atoms with van der Waals surface area (Å²) >= 11 is 6.71. The molecular formula is C18H24ClN3O. The zero-order valence-corrected chi connectivity index (χ0v) is 14.7. The topological polar surface area (TPSA) is 44.7 Å². The lowest BCUT2D eigenvalue weighted by Crippen LogP contribution is -2.29. The van der Waals surface area contributed by atoms with Gasteiger partial charge in [-0.1, -0.05) is 26.0 Å². The Bertz CT molecular complexity index is 631. The summed E-state index contributed by atoms with van der Waals surface area (Å²) in [5, 5.41) is 9.34. The van der Waals surface area contributed by atoms with E-state index in [2.05, 4.69) is 42.6 Å². The maximum Gasteiger partial charge on any atom is 0.228 e. The highest BCUT2D eigenvalue weighted by molar-refractivity contribution is 6.21. The number of benzene rings is 1. The number of carbonyl (C=O) groups excluding carboxylic acids is 1. The SMILES string of the molecule is CCC(Cl)[C@H](c1ccc2c(c1)CC(=O)N2)[C@@H](C)[C@@H]1C=NN(C)C1. The van der Waals surface area contributed by atoms with Gasteiger partial charge in [-0.2, -0.15) is 5.10 Å². The van der Waals surface area contributed by atoms with E-state index in [1.165, 1.54) is 5.56 Å². The van der Waals surface area contributed by atoms with Crippen molar-refractivity contribution < 1.29 is 4.79 Å². The number of hydrogen-bond acceptors (Lipinski definition) is 3. The molecule has 0 spiro atoms. The molecule has 0 bridgehead atoms. The van der Waals surface area contributed by atoms with Crippen LogP contribution < -0.4 is 5.32 Å². The van der Waals surface area contributed by atoms with Gasteiger partial charge in [-0.15, -0.1) is 11.6 Å². The number of hydrogen-bond donors (Lipinski definition) is 1. The van der Waals surface area contributed by atoms with Crippen LogP contribution in [0.5, 0.6) is 0 Å². The molecule has 0 saturated carbocycles. The molecule has 1 amide bonds. The quantitative estimate of drug-likeness (QED) is 0.839. The third kappa shape index (κ3) is 3.23. The fraction of sp³-hybridized carbons (Fsp3) is 0.556. The molecule has 0 saturated heterocycles. The van der Waals surface area contributed by atoms with Gasteiger partial charge in [0.25, 0.3) is 0 Å². The molecule has 1 N–H and O–H groups in total. The second-order valence-corrected chi connectivity index (χ2v) is 7.28. The molecule has 0 aromatic heterocycles. The van der Waals surface area contributed by atoms with E-state index >= 15 is 0 Å². The Morgan fingerprint density at radius 2 is 2.26 bits per heavy atom. The van der Waals surface area contributed by atoms with E-state index < -0.39 is 0 Å². The molecule has 1 aromatic rings. The molecule has 4 nitrogen and oxygen atoms in total. The van der Waals surface area contributed by atoms with Crippen LogP contribution in [0.4, 0.5) is 5.69 Å². The molecule has 23 heavy (non-hydrogen) atoms. The third-order valence-electron chi connectivity index (χ3n) is 5.09. The Morgan fingerprint density at radius 1 is 1.48 bits per heavy atom. The van der Waals surface area contributed by atoms with Crippen LogP contribution >= 0.6 is 11.6 Å². The largest absolute Gasteiger partial charge is 0.326 e. The van der Waals surface area contributed by atoms with Crippen molar-refractivity contribution in [3.63, 3.8) is 0 Å². The summed E-state index contributed by atoms with van der Waals surface area (Å²) in [6, 6.07) is 6.30. The molecule has 2 aliphatic rings. The zero-order chi connectivity index (χ0) is 16.6.